The largest absolute Gasteiger partial charge is 0.460 e. The van der Waals surface area contributed by atoms with Gasteiger partial charge in [0.15, 0.2) is 0 Å². The standard InChI is InChI=1S/C12H13O2/c1-12(2,8-13)11-7-9-5-3-4-6-10(9)14-11/h3-7H,8H2,1-2H3. The van der Waals surface area contributed by atoms with Crippen molar-refractivity contribution in [3.05, 3.63) is 36.1 Å². The monoisotopic (exact) mass is 189 g/mol. The van der Waals surface area contributed by atoms with E-state index < -0.39 is 5.41 Å². The second kappa shape index (κ2) is 3.14. The van der Waals surface area contributed by atoms with Crippen LogP contribution in [-0.4, -0.2) is 6.61 Å². The van der Waals surface area contributed by atoms with Crippen molar-refractivity contribution in [3.63, 3.8) is 0 Å². The van der Waals surface area contributed by atoms with E-state index in [2.05, 4.69) is 0 Å². The third-order valence-electron chi connectivity index (χ3n) is 2.45. The van der Waals surface area contributed by atoms with Gasteiger partial charge < -0.3 is 4.42 Å². The normalized spacial score (nSPS) is 12.2. The number of furan rings is 1. The Kier molecular flexibility index (Phi) is 2.08. The molecule has 0 N–H and O–H groups in total. The van der Waals surface area contributed by atoms with Gasteiger partial charge in [0.2, 0.25) is 0 Å². The number of hydrogen-bond donors (Lipinski definition) is 0. The van der Waals surface area contributed by atoms with Crippen LogP contribution in [0, 0.1) is 0 Å². The number of para-hydroxylation sites is 1. The first-order chi connectivity index (χ1) is 6.63. The van der Waals surface area contributed by atoms with Gasteiger partial charge in [0.1, 0.15) is 11.3 Å². The molecule has 0 atom stereocenters. The van der Waals surface area contributed by atoms with Crippen LogP contribution in [0.5, 0.6) is 0 Å². The van der Waals surface area contributed by atoms with Crippen molar-refractivity contribution in [2.75, 3.05) is 6.61 Å². The van der Waals surface area contributed by atoms with E-state index in [-0.39, 0.29) is 6.61 Å². The molecule has 0 spiro atoms. The first-order valence-electron chi connectivity index (χ1n) is 4.71. The van der Waals surface area contributed by atoms with Crippen molar-refractivity contribution < 1.29 is 9.52 Å². The fraction of sp³-hybridized carbons (Fsp3) is 0.333. The molecule has 2 rings (SSSR count). The summed E-state index contributed by atoms with van der Waals surface area (Å²) in [7, 11) is 0. The van der Waals surface area contributed by atoms with Crippen LogP contribution in [0.3, 0.4) is 0 Å². The predicted octanol–water partition coefficient (Wildman–Crippen LogP) is 3.14. The topological polar surface area (TPSA) is 33.0 Å². The molecule has 0 unspecified atom stereocenters. The van der Waals surface area contributed by atoms with E-state index in [1.54, 1.807) is 0 Å². The molecular formula is C12H13O2. The molecule has 0 aliphatic carbocycles. The van der Waals surface area contributed by atoms with Crippen LogP contribution in [0.15, 0.2) is 34.7 Å². The van der Waals surface area contributed by atoms with Gasteiger partial charge >= 0.3 is 0 Å². The summed E-state index contributed by atoms with van der Waals surface area (Å²) in [6.07, 6.45) is 0. The van der Waals surface area contributed by atoms with E-state index in [0.717, 1.165) is 16.7 Å². The van der Waals surface area contributed by atoms with E-state index in [9.17, 15) is 5.11 Å². The van der Waals surface area contributed by atoms with Crippen molar-refractivity contribution >= 4 is 11.0 Å². The van der Waals surface area contributed by atoms with Gasteiger partial charge in [-0.3, -0.25) is 0 Å². The molecule has 0 amide bonds. The number of benzene rings is 1. The maximum Gasteiger partial charge on any atom is 0.134 e. The van der Waals surface area contributed by atoms with Crippen molar-refractivity contribution in [2.45, 2.75) is 19.3 Å². The molecule has 1 heterocycles. The minimum absolute atomic E-state index is 0.160. The molecule has 2 nitrogen and oxygen atoms in total. The molecule has 0 aliphatic heterocycles. The van der Waals surface area contributed by atoms with E-state index >= 15 is 0 Å². The molecule has 1 aromatic carbocycles. The summed E-state index contributed by atoms with van der Waals surface area (Å²) >= 11 is 0. The highest BCUT2D eigenvalue weighted by atomic mass is 16.3. The Morgan fingerprint density at radius 3 is 2.64 bits per heavy atom. The van der Waals surface area contributed by atoms with Crippen LogP contribution in [-0.2, 0) is 10.5 Å². The van der Waals surface area contributed by atoms with Crippen molar-refractivity contribution in [3.8, 4) is 0 Å². The van der Waals surface area contributed by atoms with Crippen molar-refractivity contribution in [1.29, 1.82) is 0 Å². The molecule has 0 saturated heterocycles. The molecule has 2 heteroatoms. The van der Waals surface area contributed by atoms with Gasteiger partial charge in [-0.15, -0.1) is 0 Å². The summed E-state index contributed by atoms with van der Waals surface area (Å²) in [5.74, 6) is 0.772. The third kappa shape index (κ3) is 1.42. The summed E-state index contributed by atoms with van der Waals surface area (Å²) in [6.45, 7) is 3.64. The molecule has 0 bridgehead atoms. The van der Waals surface area contributed by atoms with Gasteiger partial charge in [-0.2, -0.15) is 0 Å². The average molecular weight is 189 g/mol. The Balaban J connectivity index is 2.55. The summed E-state index contributed by atoms with van der Waals surface area (Å²) in [4.78, 5) is 0. The van der Waals surface area contributed by atoms with Crippen LogP contribution in [0.1, 0.15) is 19.6 Å². The molecule has 0 aliphatic rings. The van der Waals surface area contributed by atoms with E-state index in [4.69, 9.17) is 4.42 Å². The Morgan fingerprint density at radius 2 is 2.00 bits per heavy atom. The Bertz CT molecular complexity index is 407. The second-order valence-electron chi connectivity index (χ2n) is 4.18. The first-order valence-corrected chi connectivity index (χ1v) is 4.71. The smallest absolute Gasteiger partial charge is 0.134 e. The number of hydrogen-bond acceptors (Lipinski definition) is 1. The minimum atomic E-state index is -0.418. The maximum atomic E-state index is 11.0. The summed E-state index contributed by atoms with van der Waals surface area (Å²) in [5.41, 5.74) is 0.433. The van der Waals surface area contributed by atoms with Crippen LogP contribution in [0.25, 0.3) is 11.0 Å². The minimum Gasteiger partial charge on any atom is -0.460 e. The molecule has 14 heavy (non-hydrogen) atoms. The lowest BCUT2D eigenvalue weighted by Crippen LogP contribution is -2.20. The van der Waals surface area contributed by atoms with Crippen LogP contribution in [0.2, 0.25) is 0 Å². The van der Waals surface area contributed by atoms with E-state index in [1.165, 1.54) is 0 Å². The highest BCUT2D eigenvalue weighted by Crippen LogP contribution is 2.28. The molecule has 1 aromatic heterocycles. The lowest BCUT2D eigenvalue weighted by molar-refractivity contribution is 0.126. The second-order valence-corrected chi connectivity index (χ2v) is 4.18. The Hall–Kier alpha value is -1.28. The first kappa shape index (κ1) is 9.28. The van der Waals surface area contributed by atoms with Crippen molar-refractivity contribution in [1.82, 2.24) is 0 Å². The van der Waals surface area contributed by atoms with E-state index in [1.807, 2.05) is 44.2 Å². The highest BCUT2D eigenvalue weighted by Gasteiger charge is 2.24. The predicted molar refractivity (Wildman–Crippen MR) is 54.8 cm³/mol. The van der Waals surface area contributed by atoms with Crippen LogP contribution < -0.4 is 0 Å². The highest BCUT2D eigenvalue weighted by molar-refractivity contribution is 5.77. The number of rotatable bonds is 2. The molecule has 1 radical (unpaired) electrons. The molecule has 73 valence electrons. The number of fused-ring (bicyclic) bond motifs is 1. The zero-order chi connectivity index (χ0) is 10.2. The summed E-state index contributed by atoms with van der Waals surface area (Å²) in [5, 5.41) is 12.0. The lowest BCUT2D eigenvalue weighted by Gasteiger charge is -2.16. The van der Waals surface area contributed by atoms with E-state index in [0.29, 0.717) is 0 Å². The Morgan fingerprint density at radius 1 is 1.29 bits per heavy atom. The van der Waals surface area contributed by atoms with Crippen molar-refractivity contribution in [2.24, 2.45) is 0 Å². The quantitative estimate of drug-likeness (QED) is 0.714. The molecule has 2 aromatic rings. The third-order valence-corrected chi connectivity index (χ3v) is 2.45. The SMILES string of the molecule is CC(C)(C[O])c1cc2ccccc2o1. The molecule has 0 saturated carbocycles. The fourth-order valence-electron chi connectivity index (χ4n) is 1.39. The Labute approximate surface area is 83.2 Å². The van der Waals surface area contributed by atoms with Gasteiger partial charge in [0.05, 0.1) is 6.61 Å². The van der Waals surface area contributed by atoms with Gasteiger partial charge in [-0.1, -0.05) is 32.0 Å². The zero-order valence-electron chi connectivity index (χ0n) is 8.41. The lowest BCUT2D eigenvalue weighted by atomic mass is 9.91. The molecular weight excluding hydrogens is 176 g/mol. The van der Waals surface area contributed by atoms with Crippen LogP contribution in [0.4, 0.5) is 0 Å². The zero-order valence-corrected chi connectivity index (χ0v) is 8.41. The van der Waals surface area contributed by atoms with Crippen LogP contribution >= 0.6 is 0 Å². The average Bonchev–Trinajstić information content (AvgIpc) is 2.61. The van der Waals surface area contributed by atoms with Gasteiger partial charge in [-0.05, 0) is 12.1 Å². The summed E-state index contributed by atoms with van der Waals surface area (Å²) in [6, 6.07) is 9.75. The molecule has 0 fully saturated rings. The van der Waals surface area contributed by atoms with Gasteiger partial charge in [0, 0.05) is 10.8 Å². The summed E-state index contributed by atoms with van der Waals surface area (Å²) < 4.78 is 5.62. The van der Waals surface area contributed by atoms with Gasteiger partial charge in [-0.25, -0.2) is 5.11 Å². The maximum absolute atomic E-state index is 11.0. The fourth-order valence-corrected chi connectivity index (χ4v) is 1.39. The van der Waals surface area contributed by atoms with Gasteiger partial charge in [0.25, 0.3) is 0 Å².